The second-order valence-electron chi connectivity index (χ2n) is 5.90. The maximum absolute atomic E-state index is 14.1. The van der Waals surface area contributed by atoms with Gasteiger partial charge in [-0.2, -0.15) is 5.10 Å². The molecule has 1 fully saturated rings. The Kier molecular flexibility index (Phi) is 6.57. The van der Waals surface area contributed by atoms with Gasteiger partial charge in [0.1, 0.15) is 6.17 Å². The van der Waals surface area contributed by atoms with E-state index >= 15 is 0 Å². The van der Waals surface area contributed by atoms with Gasteiger partial charge < -0.3 is 10.1 Å². The fourth-order valence-electron chi connectivity index (χ4n) is 3.12. The number of rotatable bonds is 5. The number of hydrogen-bond acceptors (Lipinski definition) is 4. The molecule has 1 aliphatic heterocycles. The van der Waals surface area contributed by atoms with Crippen molar-refractivity contribution in [3.8, 4) is 0 Å². The quantitative estimate of drug-likeness (QED) is 0.837. The SMILES string of the molecule is CCOC(=O)Cc1nn(CC2CCNCC2F)c2ccccc12.Cl. The first-order valence-corrected chi connectivity index (χ1v) is 8.14. The van der Waals surface area contributed by atoms with Gasteiger partial charge in [0.05, 0.1) is 24.2 Å². The number of ether oxygens (including phenoxy) is 1. The number of nitrogens with zero attached hydrogens (tertiary/aromatic N) is 2. The van der Waals surface area contributed by atoms with E-state index in [9.17, 15) is 9.18 Å². The molecule has 5 nitrogen and oxygen atoms in total. The molecular weight excluding hydrogens is 333 g/mol. The van der Waals surface area contributed by atoms with Crippen molar-refractivity contribution < 1.29 is 13.9 Å². The van der Waals surface area contributed by atoms with E-state index in [0.717, 1.165) is 23.9 Å². The van der Waals surface area contributed by atoms with Crippen molar-refractivity contribution in [1.82, 2.24) is 15.1 Å². The van der Waals surface area contributed by atoms with Crippen LogP contribution in [0.4, 0.5) is 4.39 Å². The molecule has 0 bridgehead atoms. The van der Waals surface area contributed by atoms with Gasteiger partial charge in [0.15, 0.2) is 0 Å². The van der Waals surface area contributed by atoms with E-state index in [0.29, 0.717) is 25.4 Å². The molecule has 1 aliphatic rings. The predicted octanol–water partition coefficient (Wildman–Crippen LogP) is 2.51. The number of carbonyl (C=O) groups excluding carboxylic acids is 1. The largest absolute Gasteiger partial charge is 0.466 e. The number of piperidine rings is 1. The van der Waals surface area contributed by atoms with Crippen molar-refractivity contribution in [3.05, 3.63) is 30.0 Å². The molecule has 3 rings (SSSR count). The summed E-state index contributed by atoms with van der Waals surface area (Å²) >= 11 is 0. The van der Waals surface area contributed by atoms with Gasteiger partial charge in [0, 0.05) is 24.4 Å². The maximum atomic E-state index is 14.1. The summed E-state index contributed by atoms with van der Waals surface area (Å²) in [4.78, 5) is 11.8. The molecule has 0 saturated carbocycles. The van der Waals surface area contributed by atoms with Crippen LogP contribution in [0.2, 0.25) is 0 Å². The Balaban J connectivity index is 0.00000208. The van der Waals surface area contributed by atoms with Crippen molar-refractivity contribution in [2.75, 3.05) is 19.7 Å². The Morgan fingerprint density at radius 3 is 3.00 bits per heavy atom. The molecular formula is C17H23ClFN3O2. The number of para-hydroxylation sites is 1. The number of benzene rings is 1. The zero-order chi connectivity index (χ0) is 16.2. The Bertz CT molecular complexity index is 692. The number of esters is 1. The third-order valence-corrected chi connectivity index (χ3v) is 4.30. The van der Waals surface area contributed by atoms with Crippen LogP contribution >= 0.6 is 12.4 Å². The molecule has 1 aromatic heterocycles. The molecule has 0 radical (unpaired) electrons. The van der Waals surface area contributed by atoms with Crippen LogP contribution in [0.5, 0.6) is 0 Å². The molecule has 2 aromatic rings. The predicted molar refractivity (Wildman–Crippen MR) is 93.2 cm³/mol. The van der Waals surface area contributed by atoms with Crippen molar-refractivity contribution in [1.29, 1.82) is 0 Å². The van der Waals surface area contributed by atoms with Crippen LogP contribution in [-0.2, 0) is 22.5 Å². The molecule has 1 saturated heterocycles. The van der Waals surface area contributed by atoms with Gasteiger partial charge in [0.25, 0.3) is 0 Å². The summed E-state index contributed by atoms with van der Waals surface area (Å²) in [6, 6.07) is 7.77. The van der Waals surface area contributed by atoms with E-state index in [1.165, 1.54) is 0 Å². The molecule has 132 valence electrons. The minimum Gasteiger partial charge on any atom is -0.466 e. The fourth-order valence-corrected chi connectivity index (χ4v) is 3.12. The number of carbonyl (C=O) groups is 1. The van der Waals surface area contributed by atoms with E-state index in [2.05, 4.69) is 10.4 Å². The minimum atomic E-state index is -0.861. The second kappa shape index (κ2) is 8.44. The average molecular weight is 356 g/mol. The second-order valence-corrected chi connectivity index (χ2v) is 5.90. The van der Waals surface area contributed by atoms with E-state index < -0.39 is 6.17 Å². The third-order valence-electron chi connectivity index (χ3n) is 4.30. The minimum absolute atomic E-state index is 0. The molecule has 24 heavy (non-hydrogen) atoms. The van der Waals surface area contributed by atoms with E-state index in [1.807, 2.05) is 28.9 Å². The third kappa shape index (κ3) is 4.05. The lowest BCUT2D eigenvalue weighted by Gasteiger charge is -2.26. The summed E-state index contributed by atoms with van der Waals surface area (Å²) < 4.78 is 20.9. The molecule has 0 spiro atoms. The van der Waals surface area contributed by atoms with E-state index in [-0.39, 0.29) is 30.7 Å². The monoisotopic (exact) mass is 355 g/mol. The molecule has 2 unspecified atom stereocenters. The van der Waals surface area contributed by atoms with Crippen LogP contribution in [0.25, 0.3) is 10.9 Å². The number of nitrogens with one attached hydrogen (secondary N) is 1. The fraction of sp³-hybridized carbons (Fsp3) is 0.529. The topological polar surface area (TPSA) is 56.1 Å². The molecule has 2 atom stereocenters. The Hall–Kier alpha value is -1.66. The van der Waals surface area contributed by atoms with Gasteiger partial charge in [-0.05, 0) is 26.0 Å². The zero-order valence-electron chi connectivity index (χ0n) is 13.7. The van der Waals surface area contributed by atoms with Crippen LogP contribution in [0.3, 0.4) is 0 Å². The van der Waals surface area contributed by atoms with Gasteiger partial charge in [-0.3, -0.25) is 9.48 Å². The van der Waals surface area contributed by atoms with Crippen molar-refractivity contribution in [3.63, 3.8) is 0 Å². The van der Waals surface area contributed by atoms with Gasteiger partial charge in [-0.25, -0.2) is 4.39 Å². The number of halogens is 2. The van der Waals surface area contributed by atoms with Gasteiger partial charge in [-0.1, -0.05) is 18.2 Å². The summed E-state index contributed by atoms with van der Waals surface area (Å²) in [5.74, 6) is -0.330. The molecule has 0 amide bonds. The lowest BCUT2D eigenvalue weighted by Crippen LogP contribution is -2.39. The number of hydrogen-bond donors (Lipinski definition) is 1. The zero-order valence-corrected chi connectivity index (χ0v) is 14.5. The van der Waals surface area contributed by atoms with Crippen molar-refractivity contribution in [2.45, 2.75) is 32.5 Å². The van der Waals surface area contributed by atoms with Crippen LogP contribution in [0.15, 0.2) is 24.3 Å². The van der Waals surface area contributed by atoms with Crippen LogP contribution < -0.4 is 5.32 Å². The maximum Gasteiger partial charge on any atom is 0.311 e. The number of alkyl halides is 1. The van der Waals surface area contributed by atoms with Gasteiger partial charge in [0.2, 0.25) is 0 Å². The first-order valence-electron chi connectivity index (χ1n) is 8.14. The summed E-state index contributed by atoms with van der Waals surface area (Å²) in [6.07, 6.45) is 0.0788. The highest BCUT2D eigenvalue weighted by Crippen LogP contribution is 2.23. The number of aromatic nitrogens is 2. The average Bonchev–Trinajstić information content (AvgIpc) is 2.88. The number of fused-ring (bicyclic) bond motifs is 1. The molecule has 1 N–H and O–H groups in total. The molecule has 1 aromatic carbocycles. The normalized spacial score (nSPS) is 20.6. The highest BCUT2D eigenvalue weighted by atomic mass is 35.5. The van der Waals surface area contributed by atoms with Gasteiger partial charge >= 0.3 is 5.97 Å². The summed E-state index contributed by atoms with van der Waals surface area (Å²) in [7, 11) is 0. The van der Waals surface area contributed by atoms with Crippen molar-refractivity contribution in [2.24, 2.45) is 5.92 Å². The van der Waals surface area contributed by atoms with Crippen LogP contribution in [-0.4, -0.2) is 41.6 Å². The summed E-state index contributed by atoms with van der Waals surface area (Å²) in [5.41, 5.74) is 1.64. The summed E-state index contributed by atoms with van der Waals surface area (Å²) in [5, 5.41) is 8.57. The highest BCUT2D eigenvalue weighted by Gasteiger charge is 2.26. The Morgan fingerprint density at radius 2 is 2.25 bits per heavy atom. The van der Waals surface area contributed by atoms with Crippen LogP contribution in [0, 0.1) is 5.92 Å². The highest BCUT2D eigenvalue weighted by molar-refractivity contribution is 5.86. The Morgan fingerprint density at radius 1 is 1.46 bits per heavy atom. The van der Waals surface area contributed by atoms with Crippen LogP contribution in [0.1, 0.15) is 19.0 Å². The summed E-state index contributed by atoms with van der Waals surface area (Å²) in [6.45, 7) is 3.91. The molecule has 0 aliphatic carbocycles. The van der Waals surface area contributed by atoms with E-state index in [1.54, 1.807) is 6.92 Å². The molecule has 7 heteroatoms. The standard InChI is InChI=1S/C17H22FN3O2.ClH/c1-2-23-17(22)9-15-13-5-3-4-6-16(13)21(20-15)11-12-7-8-19-10-14(12)18;/h3-6,12,14,19H,2,7-11H2,1H3;1H. The molecule has 2 heterocycles. The first-order chi connectivity index (χ1) is 11.2. The Labute approximate surface area is 147 Å². The van der Waals surface area contributed by atoms with E-state index in [4.69, 9.17) is 4.74 Å². The lowest BCUT2D eigenvalue weighted by atomic mass is 9.96. The lowest BCUT2D eigenvalue weighted by molar-refractivity contribution is -0.142. The van der Waals surface area contributed by atoms with Crippen molar-refractivity contribution >= 4 is 29.3 Å². The van der Waals surface area contributed by atoms with Gasteiger partial charge in [-0.15, -0.1) is 12.4 Å². The first kappa shape index (κ1) is 18.7. The smallest absolute Gasteiger partial charge is 0.311 e.